The third kappa shape index (κ3) is 6.64. The van der Waals surface area contributed by atoms with Crippen LogP contribution in [0.3, 0.4) is 0 Å². The van der Waals surface area contributed by atoms with Gasteiger partial charge in [-0.25, -0.2) is 0 Å². The Balaban J connectivity index is 1.79. The number of rotatable bonds is 11. The zero-order valence-corrected chi connectivity index (χ0v) is 19.5. The van der Waals surface area contributed by atoms with Gasteiger partial charge in [0.25, 0.3) is 0 Å². The molecule has 0 amide bonds. The Morgan fingerprint density at radius 1 is 0.871 bits per heavy atom. The quantitative estimate of drug-likeness (QED) is 0.321. The summed E-state index contributed by atoms with van der Waals surface area (Å²) in [7, 11) is 0. The molecule has 3 aromatic rings. The van der Waals surface area contributed by atoms with Gasteiger partial charge in [0.1, 0.15) is 6.61 Å². The molecule has 31 heavy (non-hydrogen) atoms. The molecule has 3 nitrogen and oxygen atoms in total. The second-order valence-electron chi connectivity index (χ2n) is 7.33. The van der Waals surface area contributed by atoms with Gasteiger partial charge in [-0.2, -0.15) is 0 Å². The van der Waals surface area contributed by atoms with Crippen LogP contribution in [0.15, 0.2) is 66.7 Å². The molecule has 5 heteroatoms. The Hall–Kier alpha value is -2.20. The van der Waals surface area contributed by atoms with Crippen LogP contribution in [0, 0.1) is 0 Å². The second kappa shape index (κ2) is 12.0. The van der Waals surface area contributed by atoms with Crippen LogP contribution in [0.5, 0.6) is 11.5 Å². The van der Waals surface area contributed by atoms with E-state index in [4.69, 9.17) is 32.7 Å². The third-order valence-electron chi connectivity index (χ3n) is 5.07. The lowest BCUT2D eigenvalue weighted by molar-refractivity contribution is 0.265. The minimum atomic E-state index is 0.278. The number of nitrogens with one attached hydrogen (secondary N) is 1. The molecule has 1 unspecified atom stereocenters. The highest BCUT2D eigenvalue weighted by atomic mass is 35.5. The zero-order chi connectivity index (χ0) is 22.1. The Bertz CT molecular complexity index is 963. The second-order valence-corrected chi connectivity index (χ2v) is 8.18. The molecule has 3 rings (SSSR count). The molecule has 0 radical (unpaired) electrons. The van der Waals surface area contributed by atoms with Gasteiger partial charge < -0.3 is 14.8 Å². The largest absolute Gasteiger partial charge is 0.490 e. The lowest BCUT2D eigenvalue weighted by Crippen LogP contribution is -2.21. The van der Waals surface area contributed by atoms with Gasteiger partial charge in [-0.05, 0) is 37.1 Å². The van der Waals surface area contributed by atoms with Crippen LogP contribution in [0.25, 0.3) is 0 Å². The molecular formula is C26H29Cl2NO2. The topological polar surface area (TPSA) is 30.5 Å². The fraction of sp³-hybridized carbons (Fsp3) is 0.308. The minimum Gasteiger partial charge on any atom is -0.490 e. The van der Waals surface area contributed by atoms with E-state index in [0.717, 1.165) is 35.5 Å². The van der Waals surface area contributed by atoms with Gasteiger partial charge >= 0.3 is 0 Å². The minimum absolute atomic E-state index is 0.278. The van der Waals surface area contributed by atoms with Gasteiger partial charge in [0.05, 0.1) is 6.61 Å². The van der Waals surface area contributed by atoms with E-state index >= 15 is 0 Å². The smallest absolute Gasteiger partial charge is 0.166 e. The third-order valence-corrected chi connectivity index (χ3v) is 5.65. The molecular weight excluding hydrogens is 429 g/mol. The Morgan fingerprint density at radius 2 is 1.68 bits per heavy atom. The van der Waals surface area contributed by atoms with Crippen molar-refractivity contribution in [1.82, 2.24) is 5.32 Å². The first-order valence-corrected chi connectivity index (χ1v) is 11.5. The van der Waals surface area contributed by atoms with Crippen LogP contribution in [0.4, 0.5) is 0 Å². The standard InChI is InChI=1S/C26H29Cl2NO2/c1-3-9-24(19-10-6-5-7-11-19)29-17-20-12-8-13-25(30-4-2)26(20)31-18-21-14-15-22(27)16-23(21)28/h5-8,10-16,24,29H,3-4,9,17-18H2,1-2H3. The van der Waals surface area contributed by atoms with Crippen molar-refractivity contribution in [2.45, 2.75) is 45.9 Å². The number of hydrogen-bond donors (Lipinski definition) is 1. The Kier molecular flexibility index (Phi) is 9.08. The fourth-order valence-corrected chi connectivity index (χ4v) is 3.98. The molecule has 0 saturated carbocycles. The molecule has 0 fully saturated rings. The number of benzene rings is 3. The summed E-state index contributed by atoms with van der Waals surface area (Å²) in [6, 6.07) is 22.3. The number of para-hydroxylation sites is 1. The van der Waals surface area contributed by atoms with Crippen LogP contribution in [-0.2, 0) is 13.2 Å². The normalized spacial score (nSPS) is 11.9. The Labute approximate surface area is 195 Å². The molecule has 0 aliphatic carbocycles. The van der Waals surface area contributed by atoms with Crippen molar-refractivity contribution in [3.8, 4) is 11.5 Å². The van der Waals surface area contributed by atoms with Crippen LogP contribution < -0.4 is 14.8 Å². The first-order valence-electron chi connectivity index (χ1n) is 10.7. The molecule has 0 bridgehead atoms. The maximum Gasteiger partial charge on any atom is 0.166 e. The van der Waals surface area contributed by atoms with Crippen molar-refractivity contribution in [2.24, 2.45) is 0 Å². The average Bonchev–Trinajstić information content (AvgIpc) is 2.78. The molecule has 3 aromatic carbocycles. The molecule has 0 aliphatic rings. The summed E-state index contributed by atoms with van der Waals surface area (Å²) in [4.78, 5) is 0. The van der Waals surface area contributed by atoms with Gasteiger partial charge in [-0.3, -0.25) is 0 Å². The summed E-state index contributed by atoms with van der Waals surface area (Å²) in [5, 5.41) is 4.90. The molecule has 1 atom stereocenters. The van der Waals surface area contributed by atoms with Crippen LogP contribution in [0.1, 0.15) is 49.4 Å². The highest BCUT2D eigenvalue weighted by Crippen LogP contribution is 2.34. The number of hydrogen-bond acceptors (Lipinski definition) is 3. The highest BCUT2D eigenvalue weighted by molar-refractivity contribution is 6.35. The van der Waals surface area contributed by atoms with E-state index in [1.165, 1.54) is 5.56 Å². The number of ether oxygens (including phenoxy) is 2. The van der Waals surface area contributed by atoms with Crippen LogP contribution in [-0.4, -0.2) is 6.61 Å². The molecule has 0 spiro atoms. The maximum absolute atomic E-state index is 6.33. The van der Waals surface area contributed by atoms with Crippen molar-refractivity contribution < 1.29 is 9.47 Å². The predicted octanol–water partition coefficient (Wildman–Crippen LogP) is 7.60. The zero-order valence-electron chi connectivity index (χ0n) is 18.0. The van der Waals surface area contributed by atoms with E-state index in [2.05, 4.69) is 42.6 Å². The predicted molar refractivity (Wildman–Crippen MR) is 129 cm³/mol. The fourth-order valence-electron chi connectivity index (χ4n) is 3.52. The summed E-state index contributed by atoms with van der Waals surface area (Å²) in [5.41, 5.74) is 3.22. The molecule has 0 aliphatic heterocycles. The first kappa shape index (κ1) is 23.5. The van der Waals surface area contributed by atoms with E-state index in [1.54, 1.807) is 6.07 Å². The van der Waals surface area contributed by atoms with Gasteiger partial charge in [-0.1, -0.05) is 85.1 Å². The summed E-state index contributed by atoms with van der Waals surface area (Å²) in [6.45, 7) is 5.75. The monoisotopic (exact) mass is 457 g/mol. The van der Waals surface area contributed by atoms with Crippen molar-refractivity contribution in [2.75, 3.05) is 6.61 Å². The van der Waals surface area contributed by atoms with Crippen molar-refractivity contribution in [1.29, 1.82) is 0 Å². The SMILES string of the molecule is CCCC(NCc1cccc(OCC)c1OCc1ccc(Cl)cc1Cl)c1ccccc1. The van der Waals surface area contributed by atoms with E-state index < -0.39 is 0 Å². The summed E-state index contributed by atoms with van der Waals surface area (Å²) in [5.74, 6) is 1.48. The lowest BCUT2D eigenvalue weighted by Gasteiger charge is -2.21. The Morgan fingerprint density at radius 3 is 2.39 bits per heavy atom. The van der Waals surface area contributed by atoms with E-state index in [1.807, 2.05) is 37.3 Å². The average molecular weight is 458 g/mol. The van der Waals surface area contributed by atoms with E-state index in [9.17, 15) is 0 Å². The van der Waals surface area contributed by atoms with Crippen LogP contribution in [0.2, 0.25) is 10.0 Å². The van der Waals surface area contributed by atoms with E-state index in [-0.39, 0.29) is 6.04 Å². The molecule has 0 heterocycles. The molecule has 0 aromatic heterocycles. The van der Waals surface area contributed by atoms with Gasteiger partial charge in [-0.15, -0.1) is 0 Å². The van der Waals surface area contributed by atoms with Crippen LogP contribution >= 0.6 is 23.2 Å². The van der Waals surface area contributed by atoms with E-state index in [0.29, 0.717) is 29.8 Å². The summed E-state index contributed by atoms with van der Waals surface area (Å²) in [6.07, 6.45) is 2.16. The van der Waals surface area contributed by atoms with Crippen molar-refractivity contribution in [3.05, 3.63) is 93.5 Å². The molecule has 0 saturated heterocycles. The van der Waals surface area contributed by atoms with Gasteiger partial charge in [0, 0.05) is 33.8 Å². The molecule has 1 N–H and O–H groups in total. The molecule has 164 valence electrons. The van der Waals surface area contributed by atoms with Crippen molar-refractivity contribution in [3.63, 3.8) is 0 Å². The van der Waals surface area contributed by atoms with Gasteiger partial charge in [0.15, 0.2) is 11.5 Å². The maximum atomic E-state index is 6.33. The summed E-state index contributed by atoms with van der Waals surface area (Å²) < 4.78 is 12.1. The first-order chi connectivity index (χ1) is 15.1. The van der Waals surface area contributed by atoms with Crippen molar-refractivity contribution >= 4 is 23.2 Å². The lowest BCUT2D eigenvalue weighted by atomic mass is 10.0. The summed E-state index contributed by atoms with van der Waals surface area (Å²) >= 11 is 12.4. The van der Waals surface area contributed by atoms with Gasteiger partial charge in [0.2, 0.25) is 0 Å². The highest BCUT2D eigenvalue weighted by Gasteiger charge is 2.15. The number of halogens is 2.